The van der Waals surface area contributed by atoms with Crippen molar-refractivity contribution in [3.63, 3.8) is 0 Å². The van der Waals surface area contributed by atoms with Crippen molar-refractivity contribution in [1.82, 2.24) is 34.8 Å². The predicted molar refractivity (Wildman–Crippen MR) is 230 cm³/mol. The van der Waals surface area contributed by atoms with Crippen LogP contribution in [0.15, 0.2) is 41.3 Å². The van der Waals surface area contributed by atoms with Gasteiger partial charge in [-0.15, -0.1) is 0 Å². The van der Waals surface area contributed by atoms with Gasteiger partial charge in [-0.2, -0.15) is 0 Å². The van der Waals surface area contributed by atoms with Gasteiger partial charge in [-0.3, -0.25) is 34.3 Å². The van der Waals surface area contributed by atoms with E-state index in [1.165, 1.54) is 6.42 Å². The third kappa shape index (κ3) is 8.46. The van der Waals surface area contributed by atoms with Gasteiger partial charge in [0.25, 0.3) is 11.5 Å². The number of pyridine rings is 1. The fraction of sp³-hybridized carbons (Fsp3) is 0.543. The molecule has 2 aromatic carbocycles. The Morgan fingerprint density at radius 2 is 1.54 bits per heavy atom. The van der Waals surface area contributed by atoms with E-state index in [0.29, 0.717) is 49.5 Å². The van der Waals surface area contributed by atoms with E-state index in [0.717, 1.165) is 123 Å². The molecule has 2 N–H and O–H groups in total. The number of amides is 5. The SMILES string of the molecule is COc1cc(-c2cn(C)c(=O)c3c2CCN(C(=O)NC2CC2)C3)cc(OC)c1CN1CCC(CCN2CCN(c3ccc4c(c3)CN(C3CCC(=O)NC3=O)C4=O)CC2)CC1. The molecule has 5 amide bonds. The normalized spacial score (nSPS) is 21.3. The number of piperidine rings is 2. The highest BCUT2D eigenvalue weighted by Crippen LogP contribution is 2.39. The Labute approximate surface area is 356 Å². The number of urea groups is 1. The van der Waals surface area contributed by atoms with Crippen LogP contribution in [0.1, 0.15) is 77.6 Å². The summed E-state index contributed by atoms with van der Waals surface area (Å²) in [5.74, 6) is 1.41. The Morgan fingerprint density at radius 1 is 0.803 bits per heavy atom. The Hall–Kier alpha value is -5.41. The number of likely N-dealkylation sites (tertiary alicyclic amines) is 1. The van der Waals surface area contributed by atoms with Crippen molar-refractivity contribution in [2.75, 3.05) is 71.5 Å². The largest absolute Gasteiger partial charge is 0.496 e. The average molecular weight is 835 g/mol. The maximum absolute atomic E-state index is 13.3. The zero-order valence-corrected chi connectivity index (χ0v) is 35.7. The van der Waals surface area contributed by atoms with Gasteiger partial charge in [-0.1, -0.05) is 0 Å². The molecule has 61 heavy (non-hydrogen) atoms. The Kier molecular flexibility index (Phi) is 11.5. The molecule has 5 aliphatic heterocycles. The Morgan fingerprint density at radius 3 is 2.23 bits per heavy atom. The number of benzene rings is 2. The minimum Gasteiger partial charge on any atom is -0.496 e. The minimum atomic E-state index is -0.601. The van der Waals surface area contributed by atoms with E-state index in [2.05, 4.69) is 43.5 Å². The maximum Gasteiger partial charge on any atom is 0.317 e. The molecule has 4 fully saturated rings. The Balaban J connectivity index is 0.768. The van der Waals surface area contributed by atoms with E-state index in [9.17, 15) is 24.0 Å². The highest BCUT2D eigenvalue weighted by molar-refractivity contribution is 6.05. The molecule has 6 aliphatic rings. The van der Waals surface area contributed by atoms with Crippen molar-refractivity contribution in [2.45, 2.75) is 83.1 Å². The lowest BCUT2D eigenvalue weighted by Crippen LogP contribution is -2.52. The molecule has 0 radical (unpaired) electrons. The van der Waals surface area contributed by atoms with Crippen molar-refractivity contribution in [2.24, 2.45) is 13.0 Å². The van der Waals surface area contributed by atoms with Gasteiger partial charge in [0.15, 0.2) is 0 Å². The molecular weight excluding hydrogens is 777 g/mol. The van der Waals surface area contributed by atoms with Gasteiger partial charge in [-0.25, -0.2) is 4.79 Å². The quantitative estimate of drug-likeness (QED) is 0.275. The summed E-state index contributed by atoms with van der Waals surface area (Å²) in [6, 6.07) is 9.74. The van der Waals surface area contributed by atoms with Crippen LogP contribution < -0.4 is 30.6 Å². The summed E-state index contributed by atoms with van der Waals surface area (Å²) >= 11 is 0. The van der Waals surface area contributed by atoms with Crippen LogP contribution in [0.25, 0.3) is 11.1 Å². The third-order valence-corrected chi connectivity index (χ3v) is 13.9. The van der Waals surface area contributed by atoms with Crippen LogP contribution >= 0.6 is 0 Å². The summed E-state index contributed by atoms with van der Waals surface area (Å²) in [6.45, 7) is 8.90. The van der Waals surface area contributed by atoms with Gasteiger partial charge in [0.05, 0.1) is 26.3 Å². The lowest BCUT2D eigenvalue weighted by atomic mass is 9.91. The number of methoxy groups -OCH3 is 2. The number of aryl methyl sites for hydroxylation is 1. The number of anilines is 1. The van der Waals surface area contributed by atoms with Crippen LogP contribution in [0.3, 0.4) is 0 Å². The number of aromatic nitrogens is 1. The number of piperazine rings is 1. The van der Waals surface area contributed by atoms with Crippen LogP contribution in [0.4, 0.5) is 10.5 Å². The van der Waals surface area contributed by atoms with E-state index < -0.39 is 6.04 Å². The highest BCUT2D eigenvalue weighted by atomic mass is 16.5. The molecule has 15 nitrogen and oxygen atoms in total. The predicted octanol–water partition coefficient (Wildman–Crippen LogP) is 3.48. The van der Waals surface area contributed by atoms with Gasteiger partial charge in [0.2, 0.25) is 11.8 Å². The maximum atomic E-state index is 13.3. The van der Waals surface area contributed by atoms with Crippen molar-refractivity contribution in [3.05, 3.63) is 74.7 Å². The van der Waals surface area contributed by atoms with Crippen LogP contribution in [-0.2, 0) is 42.7 Å². The smallest absolute Gasteiger partial charge is 0.317 e. The van der Waals surface area contributed by atoms with Crippen LogP contribution in [0, 0.1) is 5.92 Å². The van der Waals surface area contributed by atoms with Gasteiger partial charge in [0.1, 0.15) is 17.5 Å². The topological polar surface area (TPSA) is 149 Å². The van der Waals surface area contributed by atoms with Crippen molar-refractivity contribution in [1.29, 1.82) is 0 Å². The minimum absolute atomic E-state index is 0.0701. The third-order valence-electron chi connectivity index (χ3n) is 13.9. The number of fused-ring (bicyclic) bond motifs is 2. The number of nitrogens with one attached hydrogen (secondary N) is 2. The average Bonchev–Trinajstić information content (AvgIpc) is 4.04. The van der Waals surface area contributed by atoms with E-state index in [1.54, 1.807) is 35.6 Å². The van der Waals surface area contributed by atoms with Gasteiger partial charge >= 0.3 is 6.03 Å². The zero-order chi connectivity index (χ0) is 42.4. The number of imide groups is 1. The second-order valence-electron chi connectivity index (χ2n) is 17.7. The van der Waals surface area contributed by atoms with Crippen LogP contribution in [-0.4, -0.2) is 127 Å². The first-order chi connectivity index (χ1) is 29.6. The molecule has 15 heteroatoms. The molecular formula is C46H58N8O7. The first-order valence-electron chi connectivity index (χ1n) is 22.1. The highest BCUT2D eigenvalue weighted by Gasteiger charge is 2.39. The Bertz CT molecular complexity index is 2250. The summed E-state index contributed by atoms with van der Waals surface area (Å²) < 4.78 is 13.7. The molecule has 324 valence electrons. The molecule has 0 bridgehead atoms. The number of nitrogens with zero attached hydrogens (tertiary/aromatic N) is 6. The molecule has 3 aromatic rings. The number of hydrogen-bond acceptors (Lipinski definition) is 10. The first kappa shape index (κ1) is 41.0. The van der Waals surface area contributed by atoms with Crippen molar-refractivity contribution >= 4 is 29.4 Å². The summed E-state index contributed by atoms with van der Waals surface area (Å²) in [5, 5.41) is 5.45. The second-order valence-corrected chi connectivity index (χ2v) is 17.7. The molecule has 6 heterocycles. The first-order valence-corrected chi connectivity index (χ1v) is 22.1. The van der Waals surface area contributed by atoms with Gasteiger partial charge in [0, 0.05) is 93.9 Å². The standard InChI is InChI=1S/C46H58N8O7/c1-49-26-36(35-13-17-53(28-37(35)44(49)57)46(59)47-32-4-5-32)30-23-40(60-2)38(41(24-30)61-3)27-51-15-11-29(12-16-51)10-14-50-18-20-52(21-19-50)33-6-7-34-31(22-33)25-54(45(34)58)39-8-9-42(55)48-43(39)56/h6-7,22-24,26,29,32,39H,4-5,8-21,25,27-28H2,1-3H3,(H,47,59)(H,48,55,56). The lowest BCUT2D eigenvalue weighted by molar-refractivity contribution is -0.136. The van der Waals surface area contributed by atoms with E-state index in [1.807, 2.05) is 18.3 Å². The van der Waals surface area contributed by atoms with E-state index in [4.69, 9.17) is 9.47 Å². The zero-order valence-electron chi connectivity index (χ0n) is 35.7. The monoisotopic (exact) mass is 834 g/mol. The molecule has 1 atom stereocenters. The molecule has 1 unspecified atom stereocenters. The molecule has 0 spiro atoms. The molecule has 3 saturated heterocycles. The summed E-state index contributed by atoms with van der Waals surface area (Å²) in [4.78, 5) is 74.3. The second kappa shape index (κ2) is 17.2. The van der Waals surface area contributed by atoms with Crippen molar-refractivity contribution < 1.29 is 28.7 Å². The summed E-state index contributed by atoms with van der Waals surface area (Å²) in [7, 11) is 5.17. The number of rotatable bonds is 11. The summed E-state index contributed by atoms with van der Waals surface area (Å²) in [6.07, 6.45) is 8.63. The number of carbonyl (C=O) groups excluding carboxylic acids is 4. The van der Waals surface area contributed by atoms with Crippen molar-refractivity contribution in [3.8, 4) is 22.6 Å². The number of ether oxygens (including phenoxy) is 2. The number of carbonyl (C=O) groups is 4. The van der Waals surface area contributed by atoms with Crippen LogP contribution in [0.5, 0.6) is 11.5 Å². The van der Waals surface area contributed by atoms with Gasteiger partial charge in [-0.05, 0) is 118 Å². The van der Waals surface area contributed by atoms with Crippen LogP contribution in [0.2, 0.25) is 0 Å². The fourth-order valence-electron chi connectivity index (χ4n) is 10.0. The molecule has 1 saturated carbocycles. The molecule has 1 aliphatic carbocycles. The van der Waals surface area contributed by atoms with E-state index >= 15 is 0 Å². The molecule has 9 rings (SSSR count). The lowest BCUT2D eigenvalue weighted by Gasteiger charge is -2.38. The summed E-state index contributed by atoms with van der Waals surface area (Å²) in [5.41, 5.74) is 7.20. The fourth-order valence-corrected chi connectivity index (χ4v) is 10.0. The van der Waals surface area contributed by atoms with Gasteiger partial charge < -0.3 is 34.1 Å². The molecule has 1 aromatic heterocycles. The number of hydrogen-bond donors (Lipinski definition) is 2. The van der Waals surface area contributed by atoms with E-state index in [-0.39, 0.29) is 41.8 Å².